The Hall–Kier alpha value is -1.42. The molecule has 1 aromatic carbocycles. The van der Waals surface area contributed by atoms with Gasteiger partial charge in [-0.05, 0) is 62.8 Å². The Balaban J connectivity index is 1.71. The summed E-state index contributed by atoms with van der Waals surface area (Å²) >= 11 is 1.81. The molecule has 1 aromatic heterocycles. The average Bonchev–Trinajstić information content (AvgIpc) is 3.02. The second kappa shape index (κ2) is 9.02. The number of unbranched alkanes of at least 4 members (excludes halogenated alkanes) is 1. The number of aliphatic hydroxyl groups excluding tert-OH is 1. The number of thiophene rings is 1. The summed E-state index contributed by atoms with van der Waals surface area (Å²) in [5, 5.41) is 9.19. The Morgan fingerprint density at radius 2 is 1.91 bits per heavy atom. The van der Waals surface area contributed by atoms with Crippen LogP contribution in [0.15, 0.2) is 48.5 Å². The number of benzene rings is 1. The molecule has 0 spiro atoms. The molecule has 0 saturated carbocycles. The minimum Gasteiger partial charge on any atom is -0.394 e. The third kappa shape index (κ3) is 6.69. The van der Waals surface area contributed by atoms with E-state index in [0.29, 0.717) is 0 Å². The molecule has 0 aliphatic heterocycles. The van der Waals surface area contributed by atoms with E-state index in [-0.39, 0.29) is 6.61 Å². The zero-order chi connectivity index (χ0) is 16.5. The zero-order valence-electron chi connectivity index (χ0n) is 13.9. The van der Waals surface area contributed by atoms with Gasteiger partial charge in [-0.15, -0.1) is 11.3 Å². The van der Waals surface area contributed by atoms with E-state index in [4.69, 9.17) is 5.73 Å². The van der Waals surface area contributed by atoms with Crippen molar-refractivity contribution in [2.75, 3.05) is 6.61 Å². The summed E-state index contributed by atoms with van der Waals surface area (Å²) < 4.78 is 0. The van der Waals surface area contributed by atoms with E-state index >= 15 is 0 Å². The smallest absolute Gasteiger partial charge is 0.0608 e. The van der Waals surface area contributed by atoms with Gasteiger partial charge < -0.3 is 10.8 Å². The van der Waals surface area contributed by atoms with Crippen LogP contribution < -0.4 is 5.73 Å². The molecular weight excluding hydrogens is 302 g/mol. The summed E-state index contributed by atoms with van der Waals surface area (Å²) in [5.74, 6) is 0. The molecule has 23 heavy (non-hydrogen) atoms. The first-order valence-electron chi connectivity index (χ1n) is 8.28. The Kier molecular flexibility index (Phi) is 7.03. The van der Waals surface area contributed by atoms with Gasteiger partial charge in [0.05, 0.1) is 6.61 Å². The van der Waals surface area contributed by atoms with Crippen molar-refractivity contribution in [3.05, 3.63) is 63.9 Å². The molecule has 2 aromatic rings. The van der Waals surface area contributed by atoms with E-state index in [9.17, 15) is 5.11 Å². The summed E-state index contributed by atoms with van der Waals surface area (Å²) in [4.78, 5) is 2.63. The molecule has 0 fully saturated rings. The summed E-state index contributed by atoms with van der Waals surface area (Å²) in [6.07, 6.45) is 9.64. The minimum atomic E-state index is -0.475. The predicted molar refractivity (Wildman–Crippen MR) is 101 cm³/mol. The van der Waals surface area contributed by atoms with Gasteiger partial charge in [-0.3, -0.25) is 0 Å². The van der Waals surface area contributed by atoms with Crippen LogP contribution in [-0.2, 0) is 12.8 Å². The van der Waals surface area contributed by atoms with Crippen molar-refractivity contribution in [2.45, 2.75) is 44.6 Å². The van der Waals surface area contributed by atoms with Gasteiger partial charge >= 0.3 is 0 Å². The number of aryl methyl sites for hydroxylation is 2. The molecule has 3 heteroatoms. The highest BCUT2D eigenvalue weighted by Gasteiger charge is 2.16. The summed E-state index contributed by atoms with van der Waals surface area (Å²) in [7, 11) is 0. The molecule has 0 bridgehead atoms. The molecule has 0 aliphatic carbocycles. The summed E-state index contributed by atoms with van der Waals surface area (Å²) in [6, 6.07) is 15.0. The number of nitrogens with two attached hydrogens (primary N) is 1. The topological polar surface area (TPSA) is 46.2 Å². The van der Waals surface area contributed by atoms with Crippen LogP contribution in [0.3, 0.4) is 0 Å². The van der Waals surface area contributed by atoms with E-state index in [1.165, 1.54) is 21.7 Å². The van der Waals surface area contributed by atoms with Crippen LogP contribution in [0.1, 0.15) is 41.5 Å². The Bertz CT molecular complexity index is 601. The largest absolute Gasteiger partial charge is 0.394 e. The number of rotatable bonds is 9. The molecule has 124 valence electrons. The summed E-state index contributed by atoms with van der Waals surface area (Å²) in [5.41, 5.74) is 6.91. The molecule has 0 saturated heterocycles. The fraction of sp³-hybridized carbons (Fsp3) is 0.400. The molecule has 2 nitrogen and oxygen atoms in total. The molecule has 2 rings (SSSR count). The van der Waals surface area contributed by atoms with E-state index in [1.807, 2.05) is 18.3 Å². The molecule has 0 amide bonds. The van der Waals surface area contributed by atoms with E-state index in [0.717, 1.165) is 25.7 Å². The third-order valence-corrected chi connectivity index (χ3v) is 5.06. The van der Waals surface area contributed by atoms with Gasteiger partial charge in [0, 0.05) is 15.3 Å². The first kappa shape index (κ1) is 17.9. The van der Waals surface area contributed by atoms with Crippen LogP contribution in [0.5, 0.6) is 0 Å². The van der Waals surface area contributed by atoms with Gasteiger partial charge in [0.15, 0.2) is 0 Å². The second-order valence-corrected chi connectivity index (χ2v) is 7.60. The van der Waals surface area contributed by atoms with Crippen LogP contribution in [0.4, 0.5) is 0 Å². The summed E-state index contributed by atoms with van der Waals surface area (Å²) in [6.45, 7) is 1.93. The van der Waals surface area contributed by atoms with Crippen LogP contribution in [0, 0.1) is 0 Å². The first-order valence-corrected chi connectivity index (χ1v) is 9.10. The van der Waals surface area contributed by atoms with Gasteiger partial charge in [-0.2, -0.15) is 0 Å². The van der Waals surface area contributed by atoms with Crippen LogP contribution >= 0.6 is 11.3 Å². The van der Waals surface area contributed by atoms with Crippen LogP contribution in [0.2, 0.25) is 0 Å². The van der Waals surface area contributed by atoms with Gasteiger partial charge in [-0.25, -0.2) is 0 Å². The standard InChI is InChI=1S/C20H27NOS/c1-20(21,16-22)15-14-19-13-12-18(23-19)11-7-3-6-10-17-8-4-2-5-9-17/h2,4-5,7-9,11-13,22H,3,6,10,14-16,21H2,1H3/b11-7+. The highest BCUT2D eigenvalue weighted by atomic mass is 32.1. The highest BCUT2D eigenvalue weighted by molar-refractivity contribution is 7.12. The van der Waals surface area contributed by atoms with Crippen molar-refractivity contribution in [3.8, 4) is 0 Å². The quantitative estimate of drug-likeness (QED) is 0.669. The fourth-order valence-electron chi connectivity index (χ4n) is 2.37. The van der Waals surface area contributed by atoms with Gasteiger partial charge in [0.25, 0.3) is 0 Å². The van der Waals surface area contributed by atoms with E-state index in [1.54, 1.807) is 0 Å². The molecule has 1 heterocycles. The Morgan fingerprint density at radius 3 is 2.65 bits per heavy atom. The Labute approximate surface area is 143 Å². The van der Waals surface area contributed by atoms with Gasteiger partial charge in [-0.1, -0.05) is 36.4 Å². The molecule has 0 aliphatic rings. The molecule has 0 radical (unpaired) electrons. The SMILES string of the molecule is CC(N)(CO)CCc1ccc(/C=C/CCCc2ccccc2)s1. The number of hydrogen-bond acceptors (Lipinski definition) is 3. The average molecular weight is 330 g/mol. The minimum absolute atomic E-state index is 0.0343. The Morgan fingerprint density at radius 1 is 1.13 bits per heavy atom. The maximum atomic E-state index is 9.19. The van der Waals surface area contributed by atoms with Crippen molar-refractivity contribution < 1.29 is 5.11 Å². The molecule has 1 atom stereocenters. The lowest BCUT2D eigenvalue weighted by Crippen LogP contribution is -2.40. The fourth-order valence-corrected chi connectivity index (χ4v) is 3.32. The maximum Gasteiger partial charge on any atom is 0.0608 e. The van der Waals surface area contributed by atoms with E-state index in [2.05, 4.69) is 54.6 Å². The van der Waals surface area contributed by atoms with E-state index < -0.39 is 5.54 Å². The molecule has 3 N–H and O–H groups in total. The zero-order valence-corrected chi connectivity index (χ0v) is 14.7. The first-order chi connectivity index (χ1) is 11.1. The molecule has 1 unspecified atom stereocenters. The maximum absolute atomic E-state index is 9.19. The lowest BCUT2D eigenvalue weighted by Gasteiger charge is -2.20. The molecular formula is C20H27NOS. The third-order valence-electron chi connectivity index (χ3n) is 3.95. The monoisotopic (exact) mass is 329 g/mol. The lowest BCUT2D eigenvalue weighted by atomic mass is 9.98. The van der Waals surface area contributed by atoms with Crippen molar-refractivity contribution >= 4 is 17.4 Å². The van der Waals surface area contributed by atoms with Crippen molar-refractivity contribution in [3.63, 3.8) is 0 Å². The van der Waals surface area contributed by atoms with Crippen molar-refractivity contribution in [2.24, 2.45) is 5.73 Å². The van der Waals surface area contributed by atoms with Crippen LogP contribution in [0.25, 0.3) is 6.08 Å². The predicted octanol–water partition coefficient (Wildman–Crippen LogP) is 4.43. The lowest BCUT2D eigenvalue weighted by molar-refractivity contribution is 0.201. The second-order valence-electron chi connectivity index (χ2n) is 6.40. The normalized spacial score (nSPS) is 14.2. The number of hydrogen-bond donors (Lipinski definition) is 2. The van der Waals surface area contributed by atoms with Crippen molar-refractivity contribution in [1.82, 2.24) is 0 Å². The highest BCUT2D eigenvalue weighted by Crippen LogP contribution is 2.21. The van der Waals surface area contributed by atoms with Crippen LogP contribution in [-0.4, -0.2) is 17.3 Å². The van der Waals surface area contributed by atoms with Gasteiger partial charge in [0.1, 0.15) is 0 Å². The van der Waals surface area contributed by atoms with Gasteiger partial charge in [0.2, 0.25) is 0 Å². The number of aliphatic hydroxyl groups is 1. The van der Waals surface area contributed by atoms with Crippen molar-refractivity contribution in [1.29, 1.82) is 0 Å². The number of allylic oxidation sites excluding steroid dienone is 1.